The Kier molecular flexibility index (Phi) is 3.01. The van der Waals surface area contributed by atoms with Crippen molar-refractivity contribution in [2.45, 2.75) is 13.0 Å². The average Bonchev–Trinajstić information content (AvgIpc) is 2.81. The topological polar surface area (TPSA) is 64.7 Å². The molecule has 1 aliphatic heterocycles. The molecule has 1 aromatic rings. The maximum Gasteiger partial charge on any atom is 0.217 e. The molecule has 0 saturated carbocycles. The Morgan fingerprint density at radius 3 is 2.88 bits per heavy atom. The van der Waals surface area contributed by atoms with Gasteiger partial charge >= 0.3 is 0 Å². The second kappa shape index (κ2) is 4.45. The first-order chi connectivity index (χ1) is 7.70. The Morgan fingerprint density at radius 2 is 2.25 bits per heavy atom. The van der Waals surface area contributed by atoms with E-state index in [0.29, 0.717) is 24.6 Å². The highest BCUT2D eigenvalue weighted by atomic mass is 16.5. The zero-order valence-corrected chi connectivity index (χ0v) is 9.14. The van der Waals surface area contributed by atoms with E-state index in [0.717, 1.165) is 5.56 Å². The van der Waals surface area contributed by atoms with Crippen LogP contribution in [0.4, 0.5) is 0 Å². The number of carbonyl (C=O) groups excluding carboxylic acids is 1. The molecular formula is C12H14N2O2. The minimum atomic E-state index is -0.511. The summed E-state index contributed by atoms with van der Waals surface area (Å²) in [7, 11) is 0. The monoisotopic (exact) mass is 218 g/mol. The highest BCUT2D eigenvalue weighted by Gasteiger charge is 2.20. The molecule has 0 spiro atoms. The molecule has 2 rings (SSSR count). The van der Waals surface area contributed by atoms with Crippen LogP contribution < -0.4 is 5.73 Å². The molecular weight excluding hydrogens is 204 g/mol. The molecule has 1 heterocycles. The van der Waals surface area contributed by atoms with Crippen molar-refractivity contribution in [1.29, 1.82) is 0 Å². The average molecular weight is 218 g/mol. The summed E-state index contributed by atoms with van der Waals surface area (Å²) in [6, 6.07) is 6.75. The predicted octanol–water partition coefficient (Wildman–Crippen LogP) is 0.993. The third kappa shape index (κ3) is 1.97. The largest absolute Gasteiger partial charge is 0.475 e. The van der Waals surface area contributed by atoms with Crippen LogP contribution in [0.3, 0.4) is 0 Å². The number of ether oxygens (including phenoxy) is 1. The minimum absolute atomic E-state index is 0.0891. The Morgan fingerprint density at radius 1 is 1.50 bits per heavy atom. The Hall–Kier alpha value is -1.68. The van der Waals surface area contributed by atoms with Gasteiger partial charge in [-0.15, -0.1) is 0 Å². The Labute approximate surface area is 94.1 Å². The first-order valence-corrected chi connectivity index (χ1v) is 5.26. The number of aliphatic imine (C=N–C) groups is 1. The lowest BCUT2D eigenvalue weighted by Crippen LogP contribution is -2.28. The fourth-order valence-corrected chi connectivity index (χ4v) is 1.63. The van der Waals surface area contributed by atoms with Gasteiger partial charge in [-0.25, -0.2) is 4.99 Å². The molecule has 16 heavy (non-hydrogen) atoms. The molecule has 0 saturated heterocycles. The van der Waals surface area contributed by atoms with Gasteiger partial charge in [-0.1, -0.05) is 18.2 Å². The standard InChI is InChI=1S/C12H14N2O2/c1-8(13)11(15)9-4-2-3-5-10(9)12-14-6-7-16-12/h2-5,8H,6-7,13H2,1H3. The van der Waals surface area contributed by atoms with E-state index >= 15 is 0 Å². The van der Waals surface area contributed by atoms with Gasteiger partial charge in [0.2, 0.25) is 5.90 Å². The molecule has 1 aliphatic rings. The van der Waals surface area contributed by atoms with Crippen molar-refractivity contribution in [3.05, 3.63) is 35.4 Å². The highest BCUT2D eigenvalue weighted by Crippen LogP contribution is 2.15. The van der Waals surface area contributed by atoms with Crippen LogP contribution in [0, 0.1) is 0 Å². The molecule has 0 radical (unpaired) electrons. The summed E-state index contributed by atoms with van der Waals surface area (Å²) in [4.78, 5) is 16.1. The number of nitrogens with zero attached hydrogens (tertiary/aromatic N) is 1. The van der Waals surface area contributed by atoms with E-state index in [1.165, 1.54) is 0 Å². The van der Waals surface area contributed by atoms with Crippen LogP contribution in [0.1, 0.15) is 22.8 Å². The summed E-state index contributed by atoms with van der Waals surface area (Å²) in [5, 5.41) is 0. The lowest BCUT2D eigenvalue weighted by atomic mass is 10.00. The highest BCUT2D eigenvalue weighted by molar-refractivity contribution is 6.10. The molecule has 0 aliphatic carbocycles. The van der Waals surface area contributed by atoms with Crippen LogP contribution in [-0.4, -0.2) is 30.9 Å². The number of nitrogens with two attached hydrogens (primary N) is 1. The van der Waals surface area contributed by atoms with Crippen molar-refractivity contribution in [2.24, 2.45) is 10.7 Å². The zero-order valence-electron chi connectivity index (χ0n) is 9.14. The van der Waals surface area contributed by atoms with Crippen molar-refractivity contribution in [3.63, 3.8) is 0 Å². The van der Waals surface area contributed by atoms with E-state index in [9.17, 15) is 4.79 Å². The van der Waals surface area contributed by atoms with Crippen molar-refractivity contribution >= 4 is 11.7 Å². The SMILES string of the molecule is CC(N)C(=O)c1ccccc1C1=NCCO1. The summed E-state index contributed by atoms with van der Waals surface area (Å²) in [5.41, 5.74) is 6.93. The van der Waals surface area contributed by atoms with Crippen molar-refractivity contribution in [2.75, 3.05) is 13.2 Å². The van der Waals surface area contributed by atoms with Crippen LogP contribution in [0.25, 0.3) is 0 Å². The molecule has 0 fully saturated rings. The van der Waals surface area contributed by atoms with Gasteiger partial charge in [0.25, 0.3) is 0 Å². The Balaban J connectivity index is 2.41. The molecule has 0 aromatic heterocycles. The van der Waals surface area contributed by atoms with Crippen molar-refractivity contribution in [3.8, 4) is 0 Å². The molecule has 1 unspecified atom stereocenters. The van der Waals surface area contributed by atoms with Gasteiger partial charge in [-0.3, -0.25) is 4.79 Å². The van der Waals surface area contributed by atoms with Gasteiger partial charge in [0.1, 0.15) is 6.61 Å². The molecule has 4 nitrogen and oxygen atoms in total. The van der Waals surface area contributed by atoms with Gasteiger partial charge in [-0.2, -0.15) is 0 Å². The van der Waals surface area contributed by atoms with Crippen molar-refractivity contribution in [1.82, 2.24) is 0 Å². The molecule has 1 aromatic carbocycles. The molecule has 84 valence electrons. The number of hydrogen-bond acceptors (Lipinski definition) is 4. The third-order valence-corrected chi connectivity index (χ3v) is 2.42. The molecule has 0 bridgehead atoms. The molecule has 0 amide bonds. The number of rotatable bonds is 3. The normalized spacial score (nSPS) is 16.5. The number of benzene rings is 1. The lowest BCUT2D eigenvalue weighted by Gasteiger charge is -2.10. The third-order valence-electron chi connectivity index (χ3n) is 2.42. The van der Waals surface area contributed by atoms with Crippen molar-refractivity contribution < 1.29 is 9.53 Å². The molecule has 4 heteroatoms. The maximum atomic E-state index is 11.9. The van der Waals surface area contributed by atoms with Crippen LogP contribution in [0.2, 0.25) is 0 Å². The van der Waals surface area contributed by atoms with E-state index in [1.54, 1.807) is 13.0 Å². The van der Waals surface area contributed by atoms with E-state index in [2.05, 4.69) is 4.99 Å². The van der Waals surface area contributed by atoms with Crippen LogP contribution in [-0.2, 0) is 4.74 Å². The van der Waals surface area contributed by atoms with E-state index in [4.69, 9.17) is 10.5 Å². The predicted molar refractivity (Wildman–Crippen MR) is 61.8 cm³/mol. The van der Waals surface area contributed by atoms with Gasteiger partial charge in [0.15, 0.2) is 5.78 Å². The number of Topliss-reactive ketones (excluding diaryl/α,β-unsaturated/α-hetero) is 1. The molecule has 2 N–H and O–H groups in total. The summed E-state index contributed by atoms with van der Waals surface area (Å²) in [6.45, 7) is 2.91. The molecule has 1 atom stereocenters. The fourth-order valence-electron chi connectivity index (χ4n) is 1.63. The van der Waals surface area contributed by atoms with E-state index in [1.807, 2.05) is 18.2 Å². The van der Waals surface area contributed by atoms with Gasteiger partial charge in [-0.05, 0) is 13.0 Å². The van der Waals surface area contributed by atoms with E-state index < -0.39 is 6.04 Å². The van der Waals surface area contributed by atoms with Crippen LogP contribution >= 0.6 is 0 Å². The number of hydrogen-bond donors (Lipinski definition) is 1. The minimum Gasteiger partial charge on any atom is -0.475 e. The quantitative estimate of drug-likeness (QED) is 0.769. The summed E-state index contributed by atoms with van der Waals surface area (Å²) >= 11 is 0. The smallest absolute Gasteiger partial charge is 0.217 e. The lowest BCUT2D eigenvalue weighted by molar-refractivity contribution is 0.0967. The first kappa shape index (κ1) is 10.8. The summed E-state index contributed by atoms with van der Waals surface area (Å²) < 4.78 is 5.37. The maximum absolute atomic E-state index is 11.9. The van der Waals surface area contributed by atoms with E-state index in [-0.39, 0.29) is 5.78 Å². The van der Waals surface area contributed by atoms with Gasteiger partial charge in [0.05, 0.1) is 12.6 Å². The summed E-state index contributed by atoms with van der Waals surface area (Å²) in [5.74, 6) is 0.457. The van der Waals surface area contributed by atoms with Crippen LogP contribution in [0.15, 0.2) is 29.3 Å². The number of ketones is 1. The second-order valence-electron chi connectivity index (χ2n) is 3.73. The summed E-state index contributed by atoms with van der Waals surface area (Å²) in [6.07, 6.45) is 0. The van der Waals surface area contributed by atoms with Gasteiger partial charge < -0.3 is 10.5 Å². The second-order valence-corrected chi connectivity index (χ2v) is 3.73. The Bertz CT molecular complexity index is 438. The van der Waals surface area contributed by atoms with Crippen LogP contribution in [0.5, 0.6) is 0 Å². The zero-order chi connectivity index (χ0) is 11.5. The fraction of sp³-hybridized carbons (Fsp3) is 0.333. The van der Waals surface area contributed by atoms with Gasteiger partial charge in [0, 0.05) is 11.1 Å². The number of carbonyl (C=O) groups is 1. The first-order valence-electron chi connectivity index (χ1n) is 5.26.